The van der Waals surface area contributed by atoms with Crippen molar-refractivity contribution < 1.29 is 0 Å². The van der Waals surface area contributed by atoms with Gasteiger partial charge in [0.2, 0.25) is 0 Å². The highest BCUT2D eigenvalue weighted by molar-refractivity contribution is 5.26. The number of hydrogen-bond donors (Lipinski definition) is 0. The fourth-order valence-electron chi connectivity index (χ4n) is 16.0. The van der Waals surface area contributed by atoms with E-state index < -0.39 is 0 Å². The van der Waals surface area contributed by atoms with Crippen molar-refractivity contribution in [1.29, 1.82) is 0 Å². The Balaban J connectivity index is 1.19. The van der Waals surface area contributed by atoms with Crippen LogP contribution in [0.4, 0.5) is 0 Å². The molecule has 0 nitrogen and oxygen atoms in total. The first-order valence-electron chi connectivity index (χ1n) is 19.9. The zero-order valence-corrected chi connectivity index (χ0v) is 30.7. The van der Waals surface area contributed by atoms with Gasteiger partial charge in [0.1, 0.15) is 0 Å². The maximum atomic E-state index is 5.17. The van der Waals surface area contributed by atoms with Crippen molar-refractivity contribution in [3.63, 3.8) is 0 Å². The molecule has 0 saturated heterocycles. The second-order valence-electron chi connectivity index (χ2n) is 20.0. The molecular formula is C43H74. The zero-order valence-electron chi connectivity index (χ0n) is 30.7. The topological polar surface area (TPSA) is 0 Å². The maximum Gasteiger partial charge on any atom is -0.0117 e. The van der Waals surface area contributed by atoms with Gasteiger partial charge in [0.15, 0.2) is 0 Å². The van der Waals surface area contributed by atoms with Gasteiger partial charge in [-0.25, -0.2) is 0 Å². The predicted octanol–water partition coefficient (Wildman–Crippen LogP) is 12.9. The van der Waals surface area contributed by atoms with E-state index in [2.05, 4.69) is 69.2 Å². The predicted molar refractivity (Wildman–Crippen MR) is 187 cm³/mol. The minimum absolute atomic E-state index is 0.400. The fourth-order valence-corrected chi connectivity index (χ4v) is 16.0. The van der Waals surface area contributed by atoms with Crippen LogP contribution >= 0.6 is 0 Å². The number of rotatable bonds is 5. The first kappa shape index (κ1) is 32.7. The molecule has 0 spiro atoms. The van der Waals surface area contributed by atoms with Crippen molar-refractivity contribution in [1.82, 2.24) is 0 Å². The summed E-state index contributed by atoms with van der Waals surface area (Å²) in [6, 6.07) is 0. The molecule has 6 rings (SSSR count). The average molecular weight is 591 g/mol. The van der Waals surface area contributed by atoms with Crippen molar-refractivity contribution in [2.24, 2.45) is 99.1 Å². The van der Waals surface area contributed by atoms with Crippen molar-refractivity contribution in [2.45, 2.75) is 159 Å². The Bertz CT molecular complexity index is 1000. The van der Waals surface area contributed by atoms with Crippen LogP contribution in [0, 0.1) is 99.1 Å². The molecule has 6 aliphatic carbocycles. The Morgan fingerprint density at radius 1 is 0.744 bits per heavy atom. The van der Waals surface area contributed by atoms with E-state index in [4.69, 9.17) is 6.58 Å². The summed E-state index contributed by atoms with van der Waals surface area (Å²) in [6.45, 7) is 31.8. The van der Waals surface area contributed by atoms with E-state index in [1.807, 2.05) is 0 Å². The van der Waals surface area contributed by atoms with E-state index in [0.717, 1.165) is 76.9 Å². The number of fused-ring (bicyclic) bond motifs is 4. The Labute approximate surface area is 269 Å². The van der Waals surface area contributed by atoms with E-state index in [1.54, 1.807) is 24.8 Å². The smallest absolute Gasteiger partial charge is 0.0117 e. The molecule has 0 aliphatic heterocycles. The maximum absolute atomic E-state index is 5.17. The Kier molecular flexibility index (Phi) is 8.94. The molecule has 6 saturated carbocycles. The van der Waals surface area contributed by atoms with Crippen LogP contribution in [0.3, 0.4) is 0 Å². The molecule has 0 amide bonds. The van der Waals surface area contributed by atoms with Gasteiger partial charge in [0, 0.05) is 0 Å². The van der Waals surface area contributed by atoms with E-state index in [1.165, 1.54) is 70.6 Å². The summed E-state index contributed by atoms with van der Waals surface area (Å²) in [5.41, 5.74) is 3.01. The van der Waals surface area contributed by atoms with E-state index >= 15 is 0 Å². The van der Waals surface area contributed by atoms with E-state index in [-0.39, 0.29) is 0 Å². The van der Waals surface area contributed by atoms with Crippen LogP contribution in [0.25, 0.3) is 0 Å². The van der Waals surface area contributed by atoms with Gasteiger partial charge >= 0.3 is 0 Å². The largest absolute Gasteiger partial charge is 0.0992 e. The molecular weight excluding hydrogens is 516 g/mol. The van der Waals surface area contributed by atoms with Crippen LogP contribution < -0.4 is 0 Å². The van der Waals surface area contributed by atoms with Crippen molar-refractivity contribution in [3.05, 3.63) is 12.2 Å². The van der Waals surface area contributed by atoms with Crippen LogP contribution in [-0.2, 0) is 0 Å². The molecule has 6 aliphatic rings. The fraction of sp³-hybridized carbons (Fsp3) is 0.953. The van der Waals surface area contributed by atoms with Crippen LogP contribution in [-0.4, -0.2) is 0 Å². The summed E-state index contributed by atoms with van der Waals surface area (Å²) >= 11 is 0. The molecule has 0 aromatic carbocycles. The third kappa shape index (κ3) is 5.19. The average Bonchev–Trinajstić information content (AvgIpc) is 2.92. The van der Waals surface area contributed by atoms with Crippen LogP contribution in [0.15, 0.2) is 12.2 Å². The quantitative estimate of drug-likeness (QED) is 0.279. The highest BCUT2D eigenvalue weighted by atomic mass is 14.7. The molecule has 0 heterocycles. The third-order valence-electron chi connectivity index (χ3n) is 17.4. The molecule has 0 heteroatoms. The molecule has 16 atom stereocenters. The summed E-state index contributed by atoms with van der Waals surface area (Å²) in [4.78, 5) is 0. The molecule has 0 aromatic heterocycles. The zero-order chi connectivity index (χ0) is 31.1. The van der Waals surface area contributed by atoms with Crippen molar-refractivity contribution in [3.8, 4) is 0 Å². The SMILES string of the molecule is C=C1C2C(CCC(CC(C)CC3CCCC4CCCCC43)C2C)CC2(C)CC3(C)CC(C)C(C(C)C)C(C)C3(C)C(C)C12. The van der Waals surface area contributed by atoms with Crippen LogP contribution in [0.5, 0.6) is 0 Å². The highest BCUT2D eigenvalue weighted by Gasteiger charge is 2.68. The highest BCUT2D eigenvalue weighted by Crippen LogP contribution is 2.75. The van der Waals surface area contributed by atoms with Crippen LogP contribution in [0.2, 0.25) is 0 Å². The van der Waals surface area contributed by atoms with Gasteiger partial charge in [-0.05, 0) is 150 Å². The van der Waals surface area contributed by atoms with Gasteiger partial charge < -0.3 is 0 Å². The third-order valence-corrected chi connectivity index (χ3v) is 17.4. The van der Waals surface area contributed by atoms with Crippen LogP contribution in [0.1, 0.15) is 159 Å². The minimum Gasteiger partial charge on any atom is -0.0992 e. The summed E-state index contributed by atoms with van der Waals surface area (Å²) < 4.78 is 0. The lowest BCUT2D eigenvalue weighted by Crippen LogP contribution is -2.65. The summed E-state index contributed by atoms with van der Waals surface area (Å²) in [6.07, 6.45) is 21.1. The molecule has 0 N–H and O–H groups in total. The van der Waals surface area contributed by atoms with Gasteiger partial charge in [-0.2, -0.15) is 0 Å². The minimum atomic E-state index is 0.400. The van der Waals surface area contributed by atoms with Gasteiger partial charge in [-0.15, -0.1) is 0 Å². The van der Waals surface area contributed by atoms with E-state index in [9.17, 15) is 0 Å². The van der Waals surface area contributed by atoms with Crippen molar-refractivity contribution >= 4 is 0 Å². The normalized spacial score (nSPS) is 54.3. The lowest BCUT2D eigenvalue weighted by atomic mass is 9.32. The summed E-state index contributed by atoms with van der Waals surface area (Å²) in [7, 11) is 0. The van der Waals surface area contributed by atoms with Gasteiger partial charge in [-0.3, -0.25) is 0 Å². The lowest BCUT2D eigenvalue weighted by Gasteiger charge is -2.72. The Morgan fingerprint density at radius 3 is 2.14 bits per heavy atom. The summed E-state index contributed by atoms with van der Waals surface area (Å²) in [5, 5.41) is 0. The molecule has 43 heavy (non-hydrogen) atoms. The standard InChI is InChI=1S/C43H74/c1-26(2)38-28(4)23-42(10)25-41(9)24-36-20-19-34(21-27(3)22-35-17-14-16-33-15-12-13-18-37(33)35)29(5)39(36)30(6)40(41)32(8)43(42,11)31(38)7/h26-29,31-40H,6,12-25H2,1-5,7-11H3. The van der Waals surface area contributed by atoms with E-state index in [0.29, 0.717) is 22.2 Å². The van der Waals surface area contributed by atoms with Gasteiger partial charge in [0.25, 0.3) is 0 Å². The molecule has 16 unspecified atom stereocenters. The van der Waals surface area contributed by atoms with Gasteiger partial charge in [-0.1, -0.05) is 120 Å². The van der Waals surface area contributed by atoms with Crippen molar-refractivity contribution in [2.75, 3.05) is 0 Å². The molecule has 6 fully saturated rings. The Morgan fingerprint density at radius 2 is 1.42 bits per heavy atom. The lowest BCUT2D eigenvalue weighted by molar-refractivity contribution is -0.218. The monoisotopic (exact) mass is 591 g/mol. The second kappa shape index (κ2) is 11.8. The molecule has 0 bridgehead atoms. The molecule has 0 aromatic rings. The number of hydrogen-bond acceptors (Lipinski definition) is 0. The molecule has 246 valence electrons. The Hall–Kier alpha value is -0.260. The second-order valence-corrected chi connectivity index (χ2v) is 20.0. The van der Waals surface area contributed by atoms with Gasteiger partial charge in [0.05, 0.1) is 0 Å². The first-order chi connectivity index (χ1) is 20.2. The molecule has 0 radical (unpaired) electrons. The summed E-state index contributed by atoms with van der Waals surface area (Å²) in [5.74, 6) is 12.2. The number of allylic oxidation sites excluding steroid dienone is 1. The first-order valence-corrected chi connectivity index (χ1v) is 19.9.